The van der Waals surface area contributed by atoms with Crippen molar-refractivity contribution in [1.82, 2.24) is 15.0 Å². The molecule has 0 amide bonds. The molecule has 0 aliphatic rings. The Hall–Kier alpha value is -2.37. The molecule has 1 heterocycles. The molecule has 1 aromatic heterocycles. The summed E-state index contributed by atoms with van der Waals surface area (Å²) < 4.78 is 11.5. The lowest BCUT2D eigenvalue weighted by atomic mass is 10.2. The minimum absolute atomic E-state index is 0.281. The number of aromatic nitrogens is 3. The van der Waals surface area contributed by atoms with Gasteiger partial charge < -0.3 is 9.47 Å². The Kier molecular flexibility index (Phi) is 4.34. The normalized spacial score (nSPS) is 10.3. The quantitative estimate of drug-likeness (QED) is 0.777. The standard InChI is InChI=1S/C14H17N3O3/c1-4-12-13(14(18)20-3)15-16-17(12)9-10-5-7-11(19-2)8-6-10/h5-8H,4,9H2,1-3H3. The highest BCUT2D eigenvalue weighted by molar-refractivity contribution is 5.88. The van der Waals surface area contributed by atoms with Gasteiger partial charge in [-0.1, -0.05) is 24.3 Å². The average molecular weight is 275 g/mol. The summed E-state index contributed by atoms with van der Waals surface area (Å²) in [7, 11) is 2.97. The summed E-state index contributed by atoms with van der Waals surface area (Å²) in [4.78, 5) is 11.6. The molecule has 0 atom stereocenters. The van der Waals surface area contributed by atoms with Crippen molar-refractivity contribution in [3.8, 4) is 5.75 Å². The molecule has 0 saturated heterocycles. The molecule has 106 valence electrons. The molecule has 0 fully saturated rings. The van der Waals surface area contributed by atoms with E-state index in [1.54, 1.807) is 11.8 Å². The molecule has 6 heteroatoms. The third-order valence-electron chi connectivity index (χ3n) is 3.04. The summed E-state index contributed by atoms with van der Waals surface area (Å²) >= 11 is 0. The molecule has 6 nitrogen and oxygen atoms in total. The van der Waals surface area contributed by atoms with Crippen LogP contribution in [0.1, 0.15) is 28.7 Å². The van der Waals surface area contributed by atoms with E-state index in [9.17, 15) is 4.79 Å². The van der Waals surface area contributed by atoms with E-state index in [-0.39, 0.29) is 5.69 Å². The van der Waals surface area contributed by atoms with Crippen LogP contribution in [0.15, 0.2) is 24.3 Å². The highest BCUT2D eigenvalue weighted by Gasteiger charge is 2.18. The molecule has 0 bridgehead atoms. The second-order valence-corrected chi connectivity index (χ2v) is 4.24. The van der Waals surface area contributed by atoms with Crippen LogP contribution in [-0.4, -0.2) is 35.2 Å². The maximum atomic E-state index is 11.6. The molecular weight excluding hydrogens is 258 g/mol. The van der Waals surface area contributed by atoms with Gasteiger partial charge in [-0.25, -0.2) is 9.48 Å². The fraction of sp³-hybridized carbons (Fsp3) is 0.357. The molecule has 0 unspecified atom stereocenters. The first kappa shape index (κ1) is 14.0. The van der Waals surface area contributed by atoms with Crippen LogP contribution < -0.4 is 4.74 Å². The van der Waals surface area contributed by atoms with Crippen LogP contribution in [0.3, 0.4) is 0 Å². The molecule has 0 spiro atoms. The summed E-state index contributed by atoms with van der Waals surface area (Å²) in [6, 6.07) is 7.69. The number of benzene rings is 1. The lowest BCUT2D eigenvalue weighted by Gasteiger charge is -2.06. The predicted octanol–water partition coefficient (Wildman–Crippen LogP) is 1.68. The number of rotatable bonds is 5. The van der Waals surface area contributed by atoms with Crippen LogP contribution in [0.2, 0.25) is 0 Å². The van der Waals surface area contributed by atoms with Crippen molar-refractivity contribution in [3.05, 3.63) is 41.2 Å². The second-order valence-electron chi connectivity index (χ2n) is 4.24. The van der Waals surface area contributed by atoms with Crippen LogP contribution in [-0.2, 0) is 17.7 Å². The zero-order valence-electron chi connectivity index (χ0n) is 11.8. The molecule has 0 aliphatic heterocycles. The van der Waals surface area contributed by atoms with Gasteiger partial charge >= 0.3 is 5.97 Å². The Balaban J connectivity index is 2.24. The first-order chi connectivity index (χ1) is 9.69. The van der Waals surface area contributed by atoms with Crippen molar-refractivity contribution >= 4 is 5.97 Å². The summed E-state index contributed by atoms with van der Waals surface area (Å²) in [5.41, 5.74) is 2.11. The number of methoxy groups -OCH3 is 2. The van der Waals surface area contributed by atoms with Gasteiger partial charge in [0.2, 0.25) is 0 Å². The first-order valence-electron chi connectivity index (χ1n) is 6.33. The summed E-state index contributed by atoms with van der Waals surface area (Å²) in [5.74, 6) is 0.348. The number of nitrogens with zero attached hydrogens (tertiary/aromatic N) is 3. The van der Waals surface area contributed by atoms with E-state index in [0.717, 1.165) is 17.0 Å². The van der Waals surface area contributed by atoms with Gasteiger partial charge in [-0.15, -0.1) is 5.10 Å². The molecule has 2 aromatic rings. The van der Waals surface area contributed by atoms with Crippen LogP contribution in [0, 0.1) is 0 Å². The third kappa shape index (κ3) is 2.79. The van der Waals surface area contributed by atoms with E-state index in [1.165, 1.54) is 7.11 Å². The second kappa shape index (κ2) is 6.18. The summed E-state index contributed by atoms with van der Waals surface area (Å²) in [6.07, 6.45) is 0.660. The van der Waals surface area contributed by atoms with Gasteiger partial charge in [-0.2, -0.15) is 0 Å². The zero-order chi connectivity index (χ0) is 14.5. The molecule has 0 N–H and O–H groups in total. The van der Waals surface area contributed by atoms with Gasteiger partial charge in [0.25, 0.3) is 0 Å². The smallest absolute Gasteiger partial charge is 0.360 e. The van der Waals surface area contributed by atoms with Gasteiger partial charge in [0.15, 0.2) is 5.69 Å². The van der Waals surface area contributed by atoms with Crippen LogP contribution in [0.25, 0.3) is 0 Å². The predicted molar refractivity (Wildman–Crippen MR) is 72.8 cm³/mol. The minimum Gasteiger partial charge on any atom is -0.497 e. The van der Waals surface area contributed by atoms with E-state index in [1.807, 2.05) is 31.2 Å². The van der Waals surface area contributed by atoms with Gasteiger partial charge in [0.05, 0.1) is 26.5 Å². The number of ether oxygens (including phenoxy) is 2. The largest absolute Gasteiger partial charge is 0.497 e. The highest BCUT2D eigenvalue weighted by atomic mass is 16.5. The minimum atomic E-state index is -0.456. The monoisotopic (exact) mass is 275 g/mol. The van der Waals surface area contributed by atoms with Crippen LogP contribution in [0.4, 0.5) is 0 Å². The number of hydrogen-bond donors (Lipinski definition) is 0. The number of carbonyl (C=O) groups excluding carboxylic acids is 1. The van der Waals surface area contributed by atoms with Crippen LogP contribution in [0.5, 0.6) is 5.75 Å². The lowest BCUT2D eigenvalue weighted by molar-refractivity contribution is 0.0592. The topological polar surface area (TPSA) is 66.2 Å². The van der Waals surface area contributed by atoms with Gasteiger partial charge in [-0.05, 0) is 24.1 Å². The lowest BCUT2D eigenvalue weighted by Crippen LogP contribution is -2.09. The summed E-state index contributed by atoms with van der Waals surface area (Å²) in [6.45, 7) is 2.51. The van der Waals surface area contributed by atoms with Gasteiger partial charge in [-0.3, -0.25) is 0 Å². The molecule has 20 heavy (non-hydrogen) atoms. The van der Waals surface area contributed by atoms with Crippen molar-refractivity contribution in [1.29, 1.82) is 0 Å². The molecule has 2 rings (SSSR count). The van der Waals surface area contributed by atoms with E-state index in [2.05, 4.69) is 10.3 Å². The van der Waals surface area contributed by atoms with E-state index in [0.29, 0.717) is 13.0 Å². The van der Waals surface area contributed by atoms with Crippen LogP contribution >= 0.6 is 0 Å². The SMILES string of the molecule is CCc1c(C(=O)OC)nnn1Cc1ccc(OC)cc1. The van der Waals surface area contributed by atoms with E-state index < -0.39 is 5.97 Å². The molecule has 1 aromatic carbocycles. The van der Waals surface area contributed by atoms with E-state index >= 15 is 0 Å². The van der Waals surface area contributed by atoms with Crippen molar-refractivity contribution < 1.29 is 14.3 Å². The molecular formula is C14H17N3O3. The van der Waals surface area contributed by atoms with Crippen molar-refractivity contribution in [2.75, 3.05) is 14.2 Å². The van der Waals surface area contributed by atoms with E-state index in [4.69, 9.17) is 9.47 Å². The fourth-order valence-corrected chi connectivity index (χ4v) is 1.97. The van der Waals surface area contributed by atoms with Crippen molar-refractivity contribution in [2.45, 2.75) is 19.9 Å². The van der Waals surface area contributed by atoms with Crippen molar-refractivity contribution in [2.24, 2.45) is 0 Å². The average Bonchev–Trinajstić information content (AvgIpc) is 2.89. The Morgan fingerprint density at radius 3 is 2.50 bits per heavy atom. The number of hydrogen-bond acceptors (Lipinski definition) is 5. The fourth-order valence-electron chi connectivity index (χ4n) is 1.97. The highest BCUT2D eigenvalue weighted by Crippen LogP contribution is 2.14. The Bertz CT molecular complexity index is 590. The summed E-state index contributed by atoms with van der Waals surface area (Å²) in [5, 5.41) is 7.93. The maximum absolute atomic E-state index is 11.6. The maximum Gasteiger partial charge on any atom is 0.360 e. The first-order valence-corrected chi connectivity index (χ1v) is 6.33. The molecule has 0 radical (unpaired) electrons. The Labute approximate surface area is 117 Å². The van der Waals surface area contributed by atoms with Crippen molar-refractivity contribution in [3.63, 3.8) is 0 Å². The van der Waals surface area contributed by atoms with Gasteiger partial charge in [0.1, 0.15) is 5.75 Å². The zero-order valence-corrected chi connectivity index (χ0v) is 11.8. The molecule has 0 aliphatic carbocycles. The number of carbonyl (C=O) groups is 1. The Morgan fingerprint density at radius 1 is 1.25 bits per heavy atom. The Morgan fingerprint density at radius 2 is 1.95 bits per heavy atom. The van der Waals surface area contributed by atoms with Gasteiger partial charge in [0, 0.05) is 0 Å². The number of esters is 1. The third-order valence-corrected chi connectivity index (χ3v) is 3.04. The molecule has 0 saturated carbocycles.